The molecule has 0 saturated heterocycles. The fourth-order valence-corrected chi connectivity index (χ4v) is 1.97. The van der Waals surface area contributed by atoms with Crippen molar-refractivity contribution in [3.63, 3.8) is 0 Å². The summed E-state index contributed by atoms with van der Waals surface area (Å²) < 4.78 is 0.931. The summed E-state index contributed by atoms with van der Waals surface area (Å²) in [4.78, 5) is 11.3. The number of carboxylic acid groups (broad SMARTS) is 1. The number of aliphatic carboxylic acids is 1. The van der Waals surface area contributed by atoms with E-state index in [1.165, 1.54) is 0 Å². The number of halogens is 2. The Balaban J connectivity index is 2.27. The van der Waals surface area contributed by atoms with Gasteiger partial charge in [-0.3, -0.25) is 5.43 Å². The smallest absolute Gasteiger partial charge is 0.356 e. The highest BCUT2D eigenvalue weighted by Crippen LogP contribution is 2.15. The minimum absolute atomic E-state index is 0.101. The molecule has 20 heavy (non-hydrogen) atoms. The van der Waals surface area contributed by atoms with Gasteiger partial charge in [0.05, 0.1) is 5.69 Å². The van der Waals surface area contributed by atoms with Crippen molar-refractivity contribution in [1.29, 1.82) is 0 Å². The van der Waals surface area contributed by atoms with E-state index < -0.39 is 5.97 Å². The van der Waals surface area contributed by atoms with Crippen molar-refractivity contribution < 1.29 is 9.90 Å². The van der Waals surface area contributed by atoms with Crippen molar-refractivity contribution in [2.45, 2.75) is 0 Å². The van der Waals surface area contributed by atoms with E-state index in [4.69, 9.17) is 11.6 Å². The molecule has 0 aliphatic heterocycles. The molecule has 102 valence electrons. The predicted octanol–water partition coefficient (Wildman–Crippen LogP) is 4.00. The molecule has 0 atom stereocenters. The zero-order chi connectivity index (χ0) is 14.5. The van der Waals surface area contributed by atoms with Gasteiger partial charge in [-0.25, -0.2) is 4.79 Å². The molecule has 2 aromatic carbocycles. The first-order valence-corrected chi connectivity index (χ1v) is 6.82. The van der Waals surface area contributed by atoms with E-state index in [1.54, 1.807) is 36.4 Å². The van der Waals surface area contributed by atoms with Crippen LogP contribution in [0.5, 0.6) is 0 Å². The van der Waals surface area contributed by atoms with E-state index in [-0.39, 0.29) is 5.71 Å². The zero-order valence-corrected chi connectivity index (χ0v) is 12.5. The second kappa shape index (κ2) is 6.54. The summed E-state index contributed by atoms with van der Waals surface area (Å²) in [6.45, 7) is 0. The van der Waals surface area contributed by atoms with Gasteiger partial charge in [0.2, 0.25) is 0 Å². The number of hydrogen-bond donors (Lipinski definition) is 2. The highest BCUT2D eigenvalue weighted by molar-refractivity contribution is 9.10. The lowest BCUT2D eigenvalue weighted by molar-refractivity contribution is -0.129. The van der Waals surface area contributed by atoms with Crippen molar-refractivity contribution >= 4 is 44.9 Å². The van der Waals surface area contributed by atoms with Crippen molar-refractivity contribution in [2.75, 3.05) is 5.43 Å². The lowest BCUT2D eigenvalue weighted by Gasteiger charge is -2.04. The third kappa shape index (κ3) is 3.82. The van der Waals surface area contributed by atoms with Gasteiger partial charge in [0.1, 0.15) is 0 Å². The van der Waals surface area contributed by atoms with Crippen LogP contribution >= 0.6 is 27.5 Å². The standard InChI is InChI=1S/C14H10BrClN2O2/c15-10-4-6-12(7-5-10)17-18-13(14(19)20)9-2-1-3-11(16)8-9/h1-8,17H,(H,19,20)/b18-13+. The van der Waals surface area contributed by atoms with E-state index in [9.17, 15) is 9.90 Å². The molecule has 2 rings (SSSR count). The minimum atomic E-state index is -1.13. The van der Waals surface area contributed by atoms with Crippen LogP contribution in [0.25, 0.3) is 0 Å². The van der Waals surface area contributed by atoms with Gasteiger partial charge in [0.15, 0.2) is 5.71 Å². The number of hydrogen-bond acceptors (Lipinski definition) is 3. The average Bonchev–Trinajstić information content (AvgIpc) is 2.41. The van der Waals surface area contributed by atoms with Crippen LogP contribution in [0.2, 0.25) is 5.02 Å². The number of rotatable bonds is 4. The van der Waals surface area contributed by atoms with Gasteiger partial charge in [-0.15, -0.1) is 0 Å². The Hall–Kier alpha value is -1.85. The lowest BCUT2D eigenvalue weighted by Crippen LogP contribution is -2.16. The third-order valence-corrected chi connectivity index (χ3v) is 3.21. The molecule has 0 saturated carbocycles. The molecule has 0 heterocycles. The Kier molecular flexibility index (Phi) is 4.76. The van der Waals surface area contributed by atoms with Gasteiger partial charge >= 0.3 is 5.97 Å². The van der Waals surface area contributed by atoms with Gasteiger partial charge in [0.25, 0.3) is 0 Å². The Morgan fingerprint density at radius 2 is 1.90 bits per heavy atom. The van der Waals surface area contributed by atoms with Crippen LogP contribution in [0, 0.1) is 0 Å². The maximum Gasteiger partial charge on any atom is 0.356 e. The number of carbonyl (C=O) groups is 1. The molecule has 2 N–H and O–H groups in total. The van der Waals surface area contributed by atoms with E-state index in [2.05, 4.69) is 26.5 Å². The molecule has 4 nitrogen and oxygen atoms in total. The van der Waals surface area contributed by atoms with E-state index >= 15 is 0 Å². The van der Waals surface area contributed by atoms with Gasteiger partial charge in [-0.2, -0.15) is 5.10 Å². The van der Waals surface area contributed by atoms with Crippen LogP contribution in [-0.2, 0) is 4.79 Å². The highest BCUT2D eigenvalue weighted by Gasteiger charge is 2.13. The molecule has 0 fully saturated rings. The summed E-state index contributed by atoms with van der Waals surface area (Å²) in [5.74, 6) is -1.13. The quantitative estimate of drug-likeness (QED) is 0.645. The summed E-state index contributed by atoms with van der Waals surface area (Å²) in [6, 6.07) is 13.8. The molecule has 0 bridgehead atoms. The molecule has 0 radical (unpaired) electrons. The molecule has 6 heteroatoms. The Labute approximate surface area is 129 Å². The first kappa shape index (κ1) is 14.6. The van der Waals surface area contributed by atoms with Gasteiger partial charge < -0.3 is 5.11 Å². The Morgan fingerprint density at radius 1 is 1.20 bits per heavy atom. The Morgan fingerprint density at radius 3 is 2.50 bits per heavy atom. The predicted molar refractivity (Wildman–Crippen MR) is 83.4 cm³/mol. The second-order valence-corrected chi connectivity index (χ2v) is 5.25. The SMILES string of the molecule is O=C(O)/C(=N/Nc1ccc(Br)cc1)c1cccc(Cl)c1. The van der Waals surface area contributed by atoms with Gasteiger partial charge in [-0.1, -0.05) is 39.7 Å². The van der Waals surface area contributed by atoms with Crippen LogP contribution in [-0.4, -0.2) is 16.8 Å². The minimum Gasteiger partial charge on any atom is -0.476 e. The molecule has 0 aliphatic rings. The molecule has 0 aromatic heterocycles. The van der Waals surface area contributed by atoms with Crippen LogP contribution in [0.15, 0.2) is 58.1 Å². The van der Waals surface area contributed by atoms with Crippen LogP contribution in [0.3, 0.4) is 0 Å². The topological polar surface area (TPSA) is 61.7 Å². The van der Waals surface area contributed by atoms with Gasteiger partial charge in [0, 0.05) is 15.1 Å². The third-order valence-electron chi connectivity index (χ3n) is 2.44. The van der Waals surface area contributed by atoms with Crippen molar-refractivity contribution in [2.24, 2.45) is 5.10 Å². The first-order chi connectivity index (χ1) is 9.56. The Bertz CT molecular complexity index is 656. The molecular formula is C14H10BrClN2O2. The largest absolute Gasteiger partial charge is 0.476 e. The van der Waals surface area contributed by atoms with E-state index in [1.807, 2.05) is 12.1 Å². The number of nitrogens with one attached hydrogen (secondary N) is 1. The summed E-state index contributed by atoms with van der Waals surface area (Å²) in [5, 5.41) is 13.6. The molecule has 0 aliphatic carbocycles. The molecular weight excluding hydrogens is 344 g/mol. The second-order valence-electron chi connectivity index (χ2n) is 3.89. The maximum atomic E-state index is 11.3. The van der Waals surface area contributed by atoms with E-state index in [0.717, 1.165) is 4.47 Å². The monoisotopic (exact) mass is 352 g/mol. The van der Waals surface area contributed by atoms with Crippen molar-refractivity contribution in [3.05, 3.63) is 63.6 Å². The number of carboxylic acids is 1. The fourth-order valence-electron chi connectivity index (χ4n) is 1.52. The average molecular weight is 354 g/mol. The normalized spacial score (nSPS) is 11.2. The van der Waals surface area contributed by atoms with Crippen molar-refractivity contribution in [1.82, 2.24) is 0 Å². The number of anilines is 1. The summed E-state index contributed by atoms with van der Waals surface area (Å²) in [5.41, 5.74) is 3.74. The van der Waals surface area contributed by atoms with E-state index in [0.29, 0.717) is 16.3 Å². The highest BCUT2D eigenvalue weighted by atomic mass is 79.9. The number of hydrazone groups is 1. The van der Waals surface area contributed by atoms with Crippen LogP contribution < -0.4 is 5.43 Å². The number of benzene rings is 2. The zero-order valence-electron chi connectivity index (χ0n) is 10.2. The maximum absolute atomic E-state index is 11.3. The lowest BCUT2D eigenvalue weighted by atomic mass is 10.1. The fraction of sp³-hybridized carbons (Fsp3) is 0. The summed E-state index contributed by atoms with van der Waals surface area (Å²) in [7, 11) is 0. The molecule has 0 amide bonds. The summed E-state index contributed by atoms with van der Waals surface area (Å²) in [6.07, 6.45) is 0. The van der Waals surface area contributed by atoms with Gasteiger partial charge in [-0.05, 0) is 36.4 Å². The molecule has 0 spiro atoms. The molecule has 2 aromatic rings. The number of nitrogens with zero attached hydrogens (tertiary/aromatic N) is 1. The van der Waals surface area contributed by atoms with Crippen LogP contribution in [0.1, 0.15) is 5.56 Å². The van der Waals surface area contributed by atoms with Crippen LogP contribution in [0.4, 0.5) is 5.69 Å². The summed E-state index contributed by atoms with van der Waals surface area (Å²) >= 11 is 9.18. The molecule has 0 unspecified atom stereocenters. The first-order valence-electron chi connectivity index (χ1n) is 5.65. The van der Waals surface area contributed by atoms with Crippen molar-refractivity contribution in [3.8, 4) is 0 Å².